The highest BCUT2D eigenvalue weighted by Crippen LogP contribution is 2.37. The van der Waals surface area contributed by atoms with E-state index < -0.39 is 5.09 Å². The first-order chi connectivity index (χ1) is 14.2. The van der Waals surface area contributed by atoms with Crippen molar-refractivity contribution < 1.29 is 15.1 Å². The van der Waals surface area contributed by atoms with E-state index in [1.807, 2.05) is 29.0 Å². The van der Waals surface area contributed by atoms with Crippen LogP contribution >= 0.6 is 46.6 Å². The van der Waals surface area contributed by atoms with Crippen LogP contribution in [0.1, 0.15) is 16.4 Å². The number of carbonyl (C=O) groups is 1. The van der Waals surface area contributed by atoms with Gasteiger partial charge in [-0.15, -0.1) is 10.1 Å². The Hall–Kier alpha value is -2.26. The Morgan fingerprint density at radius 3 is 2.37 bits per heavy atom. The second-order valence-electron chi connectivity index (χ2n) is 5.94. The number of halogens is 3. The molecule has 30 heavy (non-hydrogen) atoms. The molecule has 11 heteroatoms. The maximum absolute atomic E-state index is 12.6. The third kappa shape index (κ3) is 8.23. The average Bonchev–Trinajstić information content (AvgIpc) is 3.16. The van der Waals surface area contributed by atoms with Crippen LogP contribution < -0.4 is 0 Å². The van der Waals surface area contributed by atoms with E-state index in [4.69, 9.17) is 50.1 Å². The average molecular weight is 489 g/mol. The van der Waals surface area contributed by atoms with Crippen molar-refractivity contribution in [3.05, 3.63) is 97.5 Å². The molecule has 0 aliphatic carbocycles. The van der Waals surface area contributed by atoms with Gasteiger partial charge in [-0.2, -0.15) is 0 Å². The fourth-order valence-corrected chi connectivity index (χ4v) is 4.39. The molecule has 1 N–H and O–H groups in total. The van der Waals surface area contributed by atoms with Gasteiger partial charge in [0.1, 0.15) is 0 Å². The Bertz CT molecular complexity index is 981. The van der Waals surface area contributed by atoms with E-state index in [1.165, 1.54) is 11.8 Å². The van der Waals surface area contributed by atoms with E-state index >= 15 is 0 Å². The molecular weight excluding hydrogens is 473 g/mol. The normalized spacial score (nSPS) is 11.3. The Kier molecular flexibility index (Phi) is 9.45. The molecule has 3 rings (SSSR count). The van der Waals surface area contributed by atoms with Crippen LogP contribution in [0.4, 0.5) is 0 Å². The molecule has 2 aromatic carbocycles. The molecular formula is C19H16Cl3N3O4S. The standard InChI is InChI=1S/C19H15Cl3N2OS.HNO3/c20-14-3-1-13(2-4-14)9-19(25)26-18(11-24-8-7-23-12-24)16-6-5-15(21)10-17(16)22;2-1(3)4/h1-8,10,12,18H,9,11H2;(H,2,3,4). The zero-order valence-corrected chi connectivity index (χ0v) is 18.4. The summed E-state index contributed by atoms with van der Waals surface area (Å²) in [7, 11) is 0. The van der Waals surface area contributed by atoms with Crippen molar-refractivity contribution in [3.8, 4) is 0 Å². The fourth-order valence-electron chi connectivity index (χ4n) is 2.52. The molecule has 1 unspecified atom stereocenters. The molecule has 0 aliphatic rings. The van der Waals surface area contributed by atoms with Crippen molar-refractivity contribution in [2.24, 2.45) is 0 Å². The van der Waals surface area contributed by atoms with E-state index in [0.29, 0.717) is 28.0 Å². The first-order valence-electron chi connectivity index (χ1n) is 8.42. The zero-order valence-electron chi connectivity index (χ0n) is 15.3. The summed E-state index contributed by atoms with van der Waals surface area (Å²) in [5.74, 6) is 0. The van der Waals surface area contributed by atoms with Gasteiger partial charge in [0.2, 0.25) is 0 Å². The highest BCUT2D eigenvalue weighted by atomic mass is 35.5. The van der Waals surface area contributed by atoms with Crippen molar-refractivity contribution in [1.29, 1.82) is 0 Å². The van der Waals surface area contributed by atoms with Gasteiger partial charge in [0.05, 0.1) is 11.6 Å². The minimum Gasteiger partial charge on any atom is -0.336 e. The molecule has 0 radical (unpaired) electrons. The highest BCUT2D eigenvalue weighted by molar-refractivity contribution is 8.13. The van der Waals surface area contributed by atoms with Crippen LogP contribution in [0.3, 0.4) is 0 Å². The summed E-state index contributed by atoms with van der Waals surface area (Å²) >= 11 is 19.5. The van der Waals surface area contributed by atoms with Gasteiger partial charge in [0.25, 0.3) is 5.09 Å². The molecule has 0 aliphatic heterocycles. The minimum atomic E-state index is -1.50. The van der Waals surface area contributed by atoms with E-state index in [2.05, 4.69) is 4.98 Å². The van der Waals surface area contributed by atoms with Crippen molar-refractivity contribution in [1.82, 2.24) is 9.55 Å². The molecule has 3 aromatic rings. The van der Waals surface area contributed by atoms with Gasteiger partial charge in [0, 0.05) is 40.4 Å². The molecule has 7 nitrogen and oxygen atoms in total. The Morgan fingerprint density at radius 1 is 1.17 bits per heavy atom. The van der Waals surface area contributed by atoms with Crippen LogP contribution in [0.5, 0.6) is 0 Å². The summed E-state index contributed by atoms with van der Waals surface area (Å²) in [6.07, 6.45) is 5.62. The Morgan fingerprint density at radius 2 is 1.80 bits per heavy atom. The van der Waals surface area contributed by atoms with E-state index in [1.54, 1.807) is 36.8 Å². The molecule has 0 saturated carbocycles. The number of rotatable bonds is 6. The van der Waals surface area contributed by atoms with Crippen LogP contribution in [0.15, 0.2) is 61.2 Å². The first-order valence-corrected chi connectivity index (χ1v) is 10.4. The maximum Gasteiger partial charge on any atom is 0.291 e. The van der Waals surface area contributed by atoms with Crippen LogP contribution in [-0.4, -0.2) is 25.0 Å². The van der Waals surface area contributed by atoms with E-state index in [9.17, 15) is 4.79 Å². The van der Waals surface area contributed by atoms with Crippen LogP contribution in [0.25, 0.3) is 0 Å². The topological polar surface area (TPSA) is 98.3 Å². The van der Waals surface area contributed by atoms with Gasteiger partial charge in [-0.3, -0.25) is 4.79 Å². The third-order valence-electron chi connectivity index (χ3n) is 3.78. The molecule has 0 bridgehead atoms. The van der Waals surface area contributed by atoms with Gasteiger partial charge in [-0.05, 0) is 35.4 Å². The lowest BCUT2D eigenvalue weighted by Gasteiger charge is -2.18. The summed E-state index contributed by atoms with van der Waals surface area (Å²) in [4.78, 5) is 25.0. The molecule has 0 spiro atoms. The molecule has 158 valence electrons. The molecule has 1 aromatic heterocycles. The number of aromatic nitrogens is 2. The quantitative estimate of drug-likeness (QED) is 0.351. The number of hydrogen-bond acceptors (Lipinski definition) is 5. The molecule has 0 amide bonds. The smallest absolute Gasteiger partial charge is 0.291 e. The third-order valence-corrected chi connectivity index (χ3v) is 5.69. The molecule has 0 saturated heterocycles. The van der Waals surface area contributed by atoms with Crippen molar-refractivity contribution in [3.63, 3.8) is 0 Å². The predicted molar refractivity (Wildman–Crippen MR) is 118 cm³/mol. The van der Waals surface area contributed by atoms with Crippen LogP contribution in [0.2, 0.25) is 15.1 Å². The van der Waals surface area contributed by atoms with Crippen molar-refractivity contribution in [2.45, 2.75) is 18.2 Å². The van der Waals surface area contributed by atoms with E-state index in [0.717, 1.165) is 11.1 Å². The molecule has 1 heterocycles. The largest absolute Gasteiger partial charge is 0.336 e. The number of nitrogens with zero attached hydrogens (tertiary/aromatic N) is 3. The van der Waals surface area contributed by atoms with Crippen LogP contribution in [-0.2, 0) is 17.8 Å². The predicted octanol–water partition coefficient (Wildman–Crippen LogP) is 5.74. The lowest BCUT2D eigenvalue weighted by Crippen LogP contribution is -2.09. The van der Waals surface area contributed by atoms with E-state index in [-0.39, 0.29) is 10.4 Å². The Labute approximate surface area is 191 Å². The summed E-state index contributed by atoms with van der Waals surface area (Å²) in [6, 6.07) is 12.6. The van der Waals surface area contributed by atoms with Gasteiger partial charge in [-0.25, -0.2) is 4.98 Å². The number of carbonyl (C=O) groups excluding carboxylic acids is 1. The Balaban J connectivity index is 0.000000735. The lowest BCUT2D eigenvalue weighted by molar-refractivity contribution is -0.742. The van der Waals surface area contributed by atoms with Crippen molar-refractivity contribution in [2.75, 3.05) is 0 Å². The number of hydrogen-bond donors (Lipinski definition) is 1. The zero-order chi connectivity index (χ0) is 22.1. The van der Waals surface area contributed by atoms with Gasteiger partial charge in [0.15, 0.2) is 5.12 Å². The molecule has 0 fully saturated rings. The summed E-state index contributed by atoms with van der Waals surface area (Å²) < 4.78 is 1.93. The molecule has 1 atom stereocenters. The van der Waals surface area contributed by atoms with Gasteiger partial charge < -0.3 is 9.77 Å². The lowest BCUT2D eigenvalue weighted by atomic mass is 10.1. The van der Waals surface area contributed by atoms with Gasteiger partial charge >= 0.3 is 0 Å². The minimum absolute atomic E-state index is 0.0588. The second kappa shape index (κ2) is 11.8. The van der Waals surface area contributed by atoms with Crippen LogP contribution in [0, 0.1) is 10.1 Å². The maximum atomic E-state index is 12.6. The summed E-state index contributed by atoms with van der Waals surface area (Å²) in [5, 5.41) is 15.3. The number of thioether (sulfide) groups is 1. The fraction of sp³-hybridized carbons (Fsp3) is 0.158. The number of imidazole rings is 1. The summed E-state index contributed by atoms with van der Waals surface area (Å²) in [5.41, 5.74) is 1.80. The highest BCUT2D eigenvalue weighted by Gasteiger charge is 2.20. The second-order valence-corrected chi connectivity index (χ2v) is 8.49. The van der Waals surface area contributed by atoms with Crippen molar-refractivity contribution >= 4 is 51.7 Å². The monoisotopic (exact) mass is 487 g/mol. The first kappa shape index (κ1) is 24.0. The van der Waals surface area contributed by atoms with Gasteiger partial charge in [-0.1, -0.05) is 64.8 Å². The number of benzene rings is 2. The summed E-state index contributed by atoms with van der Waals surface area (Å²) in [6.45, 7) is 0.582. The SMILES string of the molecule is O=C(Cc1ccc(Cl)cc1)SC(Cn1ccnc1)c1ccc(Cl)cc1Cl.O=[N+]([O-])O.